The molecule has 0 aromatic carbocycles. The molecule has 0 aliphatic rings. The molecule has 2 N–H and O–H groups in total. The molecular formula is C20H40N6O5. The zero-order valence-corrected chi connectivity index (χ0v) is 20.3. The van der Waals surface area contributed by atoms with E-state index in [-0.39, 0.29) is 43.9 Å². The third kappa shape index (κ3) is 14.0. The number of primary amides is 1. The lowest BCUT2D eigenvalue weighted by molar-refractivity contribution is -0.142. The summed E-state index contributed by atoms with van der Waals surface area (Å²) in [5.41, 5.74) is 4.73. The number of likely N-dealkylation sites (N-methyl/N-ethyl adjacent to an activating group) is 5. The Balaban J connectivity index is 0. The van der Waals surface area contributed by atoms with Crippen LogP contribution in [0, 0.1) is 0 Å². The van der Waals surface area contributed by atoms with Crippen LogP contribution in [-0.4, -0.2) is 129 Å². The molecule has 0 saturated carbocycles. The summed E-state index contributed by atoms with van der Waals surface area (Å²) in [5, 5.41) is 0. The van der Waals surface area contributed by atoms with E-state index < -0.39 is 5.91 Å². The predicted molar refractivity (Wildman–Crippen MR) is 119 cm³/mol. The summed E-state index contributed by atoms with van der Waals surface area (Å²) < 4.78 is 0. The molecule has 0 aromatic rings. The molecule has 0 aliphatic carbocycles. The van der Waals surface area contributed by atoms with E-state index in [4.69, 9.17) is 5.73 Å². The fourth-order valence-electron chi connectivity index (χ4n) is 2.08. The van der Waals surface area contributed by atoms with Crippen molar-refractivity contribution >= 4 is 30.0 Å². The number of rotatable bonds is 12. The van der Waals surface area contributed by atoms with Gasteiger partial charge in [-0.15, -0.1) is 0 Å². The highest BCUT2D eigenvalue weighted by molar-refractivity contribution is 5.88. The molecule has 1 unspecified atom stereocenters. The van der Waals surface area contributed by atoms with Gasteiger partial charge in [0.05, 0.1) is 26.2 Å². The van der Waals surface area contributed by atoms with E-state index in [0.717, 1.165) is 6.42 Å². The van der Waals surface area contributed by atoms with Crippen LogP contribution < -0.4 is 5.73 Å². The van der Waals surface area contributed by atoms with Crippen molar-refractivity contribution in [2.75, 3.05) is 68.0 Å². The molecular weight excluding hydrogens is 404 g/mol. The Bertz CT molecular complexity index is 601. The maximum absolute atomic E-state index is 12.1. The topological polar surface area (TPSA) is 128 Å². The molecule has 0 aliphatic heterocycles. The van der Waals surface area contributed by atoms with Gasteiger partial charge in [0.15, 0.2) is 0 Å². The average molecular weight is 445 g/mol. The Kier molecular flexibility index (Phi) is 15.8. The Morgan fingerprint density at radius 1 is 0.774 bits per heavy atom. The van der Waals surface area contributed by atoms with Crippen molar-refractivity contribution in [1.29, 1.82) is 0 Å². The fourth-order valence-corrected chi connectivity index (χ4v) is 2.08. The molecule has 0 bridgehead atoms. The summed E-state index contributed by atoms with van der Waals surface area (Å²) in [6.07, 6.45) is 1.51. The van der Waals surface area contributed by atoms with E-state index in [9.17, 15) is 24.0 Å². The highest BCUT2D eigenvalue weighted by atomic mass is 16.2. The summed E-state index contributed by atoms with van der Waals surface area (Å²) in [6.45, 7) is 6.87. The number of carbonyl (C=O) groups is 5. The van der Waals surface area contributed by atoms with Gasteiger partial charge in [0, 0.05) is 40.8 Å². The van der Waals surface area contributed by atoms with Crippen molar-refractivity contribution in [1.82, 2.24) is 24.5 Å². The lowest BCUT2D eigenvalue weighted by Gasteiger charge is -2.27. The Hall–Kier alpha value is -2.69. The van der Waals surface area contributed by atoms with Crippen LogP contribution in [-0.2, 0) is 24.0 Å². The Labute approximate surface area is 186 Å². The first-order valence-corrected chi connectivity index (χ1v) is 10.2. The fraction of sp³-hybridized carbons (Fsp3) is 0.750. The van der Waals surface area contributed by atoms with Gasteiger partial charge in [-0.05, 0) is 27.3 Å². The van der Waals surface area contributed by atoms with Crippen molar-refractivity contribution in [3.63, 3.8) is 0 Å². The first kappa shape index (κ1) is 30.5. The minimum absolute atomic E-state index is 0.0104. The summed E-state index contributed by atoms with van der Waals surface area (Å²) in [7, 11) is 8.26. The molecule has 31 heavy (non-hydrogen) atoms. The number of amides is 5. The summed E-state index contributed by atoms with van der Waals surface area (Å²) in [6, 6.07) is 0.313. The Morgan fingerprint density at radius 2 is 1.19 bits per heavy atom. The molecule has 180 valence electrons. The van der Waals surface area contributed by atoms with Gasteiger partial charge in [-0.3, -0.25) is 28.9 Å². The van der Waals surface area contributed by atoms with Gasteiger partial charge < -0.3 is 25.3 Å². The monoisotopic (exact) mass is 444 g/mol. The molecule has 0 aromatic heterocycles. The van der Waals surface area contributed by atoms with Crippen LogP contribution >= 0.6 is 0 Å². The second-order valence-electron chi connectivity index (χ2n) is 7.57. The smallest absolute Gasteiger partial charge is 0.242 e. The second kappa shape index (κ2) is 16.1. The quantitative estimate of drug-likeness (QED) is 0.372. The first-order chi connectivity index (χ1) is 14.3. The van der Waals surface area contributed by atoms with Crippen LogP contribution in [0.1, 0.15) is 27.2 Å². The van der Waals surface area contributed by atoms with Crippen molar-refractivity contribution < 1.29 is 24.0 Å². The molecule has 5 amide bonds. The Morgan fingerprint density at radius 3 is 1.52 bits per heavy atom. The number of hydrogen-bond donors (Lipinski definition) is 1. The zero-order valence-electron chi connectivity index (χ0n) is 20.3. The van der Waals surface area contributed by atoms with Crippen LogP contribution in [0.25, 0.3) is 0 Å². The summed E-state index contributed by atoms with van der Waals surface area (Å²) in [5.74, 6) is -0.968. The maximum atomic E-state index is 12.1. The third-order valence-electron chi connectivity index (χ3n) is 4.81. The van der Waals surface area contributed by atoms with Crippen LogP contribution in [0.3, 0.4) is 0 Å². The molecule has 0 rings (SSSR count). The minimum atomic E-state index is -0.500. The summed E-state index contributed by atoms with van der Waals surface area (Å²) >= 11 is 0. The van der Waals surface area contributed by atoms with Gasteiger partial charge in [0.1, 0.15) is 0 Å². The maximum Gasteiger partial charge on any atom is 0.242 e. The highest BCUT2D eigenvalue weighted by Gasteiger charge is 2.20. The van der Waals surface area contributed by atoms with E-state index in [1.807, 2.05) is 18.9 Å². The SMILES string of the molecule is CCC(C)N(C)CC(=O)N(C)CC(=O)N(C)CC(=O)N(C)CC.CN(C=O)CC(N)=O. The van der Waals surface area contributed by atoms with Gasteiger partial charge in [-0.25, -0.2) is 0 Å². The largest absolute Gasteiger partial charge is 0.368 e. The molecule has 11 nitrogen and oxygen atoms in total. The van der Waals surface area contributed by atoms with Crippen LogP contribution in [0.5, 0.6) is 0 Å². The van der Waals surface area contributed by atoms with E-state index in [1.54, 1.807) is 26.0 Å². The van der Waals surface area contributed by atoms with Gasteiger partial charge >= 0.3 is 0 Å². The normalized spacial score (nSPS) is 11.0. The zero-order chi connectivity index (χ0) is 24.7. The van der Waals surface area contributed by atoms with Gasteiger partial charge in [0.2, 0.25) is 30.0 Å². The van der Waals surface area contributed by atoms with Crippen molar-refractivity contribution in [3.05, 3.63) is 0 Å². The van der Waals surface area contributed by atoms with Gasteiger partial charge in [-0.1, -0.05) is 6.92 Å². The standard InChI is InChI=1S/C16H32N4O3.C4H8N2O2/c1-8-13(3)18(5)10-15(22)20(7)12-16(23)19(6)11-14(21)17(4)9-2;1-6(3-7)2-4(5)8/h13H,8-12H2,1-7H3;3H,2H2,1H3,(H2,5,8). The van der Waals surface area contributed by atoms with Crippen LogP contribution in [0.15, 0.2) is 0 Å². The van der Waals surface area contributed by atoms with E-state index in [0.29, 0.717) is 19.0 Å². The van der Waals surface area contributed by atoms with Crippen molar-refractivity contribution in [3.8, 4) is 0 Å². The van der Waals surface area contributed by atoms with Crippen LogP contribution in [0.4, 0.5) is 0 Å². The molecule has 0 spiro atoms. The highest BCUT2D eigenvalue weighted by Crippen LogP contribution is 2.01. The van der Waals surface area contributed by atoms with E-state index >= 15 is 0 Å². The number of hydrogen-bond acceptors (Lipinski definition) is 6. The van der Waals surface area contributed by atoms with Crippen molar-refractivity contribution in [2.45, 2.75) is 33.2 Å². The number of nitrogens with zero attached hydrogens (tertiary/aromatic N) is 5. The molecule has 0 radical (unpaired) electrons. The number of nitrogens with two attached hydrogens (primary N) is 1. The second-order valence-corrected chi connectivity index (χ2v) is 7.57. The lowest BCUT2D eigenvalue weighted by Crippen LogP contribution is -2.46. The van der Waals surface area contributed by atoms with Crippen molar-refractivity contribution in [2.24, 2.45) is 5.73 Å². The molecule has 11 heteroatoms. The van der Waals surface area contributed by atoms with Crippen LogP contribution in [0.2, 0.25) is 0 Å². The van der Waals surface area contributed by atoms with E-state index in [2.05, 4.69) is 13.8 Å². The predicted octanol–water partition coefficient (Wildman–Crippen LogP) is -1.33. The lowest BCUT2D eigenvalue weighted by atomic mass is 10.2. The van der Waals surface area contributed by atoms with E-state index in [1.165, 1.54) is 21.7 Å². The van der Waals surface area contributed by atoms with Gasteiger partial charge in [0.25, 0.3) is 0 Å². The third-order valence-corrected chi connectivity index (χ3v) is 4.81. The number of carbonyl (C=O) groups excluding carboxylic acids is 5. The molecule has 0 fully saturated rings. The summed E-state index contributed by atoms with van der Waals surface area (Å²) in [4.78, 5) is 63.3. The van der Waals surface area contributed by atoms with Gasteiger partial charge in [-0.2, -0.15) is 0 Å². The molecule has 0 heterocycles. The molecule has 0 saturated heterocycles. The minimum Gasteiger partial charge on any atom is -0.368 e. The average Bonchev–Trinajstić information content (AvgIpc) is 2.71. The first-order valence-electron chi connectivity index (χ1n) is 10.2. The molecule has 1 atom stereocenters.